The van der Waals surface area contributed by atoms with Gasteiger partial charge in [0.2, 0.25) is 0 Å². The summed E-state index contributed by atoms with van der Waals surface area (Å²) in [6.07, 6.45) is 0.683. The highest BCUT2D eigenvalue weighted by molar-refractivity contribution is 9.10. The standard InChI is InChI=1S/C17H18BrF2N/c1-3-21-16(14-5-4-6-15(20)17(14)18)10-12-7-8-13(19)9-11(12)2/h4-9,16,21H,3,10H2,1-2H3. The molecule has 0 saturated heterocycles. The van der Waals surface area contributed by atoms with Crippen molar-refractivity contribution in [2.45, 2.75) is 26.3 Å². The molecule has 0 radical (unpaired) electrons. The van der Waals surface area contributed by atoms with E-state index in [0.29, 0.717) is 10.9 Å². The summed E-state index contributed by atoms with van der Waals surface area (Å²) in [5.74, 6) is -0.505. The highest BCUT2D eigenvalue weighted by Gasteiger charge is 2.17. The molecule has 0 heterocycles. The fraction of sp³-hybridized carbons (Fsp3) is 0.294. The SMILES string of the molecule is CCNC(Cc1ccc(F)cc1C)c1cccc(F)c1Br. The van der Waals surface area contributed by atoms with Gasteiger partial charge in [0.05, 0.1) is 4.47 Å². The largest absolute Gasteiger partial charge is 0.310 e. The minimum atomic E-state index is -0.272. The molecule has 2 aromatic carbocycles. The Labute approximate surface area is 132 Å². The van der Waals surface area contributed by atoms with Crippen molar-refractivity contribution < 1.29 is 8.78 Å². The van der Waals surface area contributed by atoms with Crippen LogP contribution in [0.5, 0.6) is 0 Å². The van der Waals surface area contributed by atoms with Crippen LogP contribution in [0.3, 0.4) is 0 Å². The van der Waals surface area contributed by atoms with Gasteiger partial charge in [-0.1, -0.05) is 25.1 Å². The highest BCUT2D eigenvalue weighted by Crippen LogP contribution is 2.29. The van der Waals surface area contributed by atoms with Gasteiger partial charge in [-0.05, 0) is 70.7 Å². The van der Waals surface area contributed by atoms with Gasteiger partial charge < -0.3 is 5.32 Å². The zero-order chi connectivity index (χ0) is 15.4. The van der Waals surface area contributed by atoms with Gasteiger partial charge in [0.15, 0.2) is 0 Å². The van der Waals surface area contributed by atoms with Crippen LogP contribution < -0.4 is 5.32 Å². The van der Waals surface area contributed by atoms with Crippen molar-refractivity contribution >= 4 is 15.9 Å². The average Bonchev–Trinajstić information content (AvgIpc) is 2.44. The van der Waals surface area contributed by atoms with E-state index in [2.05, 4.69) is 21.2 Å². The molecule has 21 heavy (non-hydrogen) atoms. The second-order valence-electron chi connectivity index (χ2n) is 5.03. The molecule has 0 aliphatic rings. The minimum absolute atomic E-state index is 0.0239. The van der Waals surface area contributed by atoms with Crippen molar-refractivity contribution in [3.63, 3.8) is 0 Å². The molecule has 0 aromatic heterocycles. The molecular weight excluding hydrogens is 336 g/mol. The van der Waals surface area contributed by atoms with Gasteiger partial charge in [-0.2, -0.15) is 0 Å². The minimum Gasteiger partial charge on any atom is -0.310 e. The molecule has 0 bridgehead atoms. The molecule has 2 aromatic rings. The third-order valence-electron chi connectivity index (χ3n) is 3.54. The van der Waals surface area contributed by atoms with Crippen molar-refractivity contribution in [3.8, 4) is 0 Å². The Bertz CT molecular complexity index is 628. The number of nitrogens with one attached hydrogen (secondary N) is 1. The number of halogens is 3. The number of hydrogen-bond donors (Lipinski definition) is 1. The second kappa shape index (κ2) is 7.14. The van der Waals surface area contributed by atoms with Crippen LogP contribution in [0.4, 0.5) is 8.78 Å². The van der Waals surface area contributed by atoms with E-state index in [1.165, 1.54) is 18.2 Å². The van der Waals surface area contributed by atoms with Crippen molar-refractivity contribution in [1.82, 2.24) is 5.32 Å². The summed E-state index contributed by atoms with van der Waals surface area (Å²) in [5.41, 5.74) is 2.84. The number of aryl methyl sites for hydroxylation is 1. The van der Waals surface area contributed by atoms with Crippen molar-refractivity contribution in [2.24, 2.45) is 0 Å². The Morgan fingerprint density at radius 1 is 1.19 bits per heavy atom. The number of likely N-dealkylation sites (N-methyl/N-ethyl adjacent to an activating group) is 1. The number of benzene rings is 2. The van der Waals surface area contributed by atoms with E-state index in [9.17, 15) is 8.78 Å². The number of rotatable bonds is 5. The van der Waals surface area contributed by atoms with E-state index >= 15 is 0 Å². The zero-order valence-electron chi connectivity index (χ0n) is 12.1. The smallest absolute Gasteiger partial charge is 0.137 e. The predicted molar refractivity (Wildman–Crippen MR) is 85.4 cm³/mol. The lowest BCUT2D eigenvalue weighted by Crippen LogP contribution is -2.24. The molecule has 112 valence electrons. The lowest BCUT2D eigenvalue weighted by atomic mass is 9.96. The summed E-state index contributed by atoms with van der Waals surface area (Å²) >= 11 is 3.32. The van der Waals surface area contributed by atoms with E-state index in [4.69, 9.17) is 0 Å². The monoisotopic (exact) mass is 353 g/mol. The Hall–Kier alpha value is -1.26. The molecule has 0 aliphatic heterocycles. The van der Waals surface area contributed by atoms with Crippen molar-refractivity contribution in [3.05, 3.63) is 69.2 Å². The maximum atomic E-state index is 13.7. The van der Waals surface area contributed by atoms with Crippen LogP contribution in [0.2, 0.25) is 0 Å². The fourth-order valence-electron chi connectivity index (χ4n) is 2.44. The molecule has 2 rings (SSSR count). The average molecular weight is 354 g/mol. The lowest BCUT2D eigenvalue weighted by Gasteiger charge is -2.21. The maximum Gasteiger partial charge on any atom is 0.137 e. The second-order valence-corrected chi connectivity index (χ2v) is 5.82. The first kappa shape index (κ1) is 16.1. The zero-order valence-corrected chi connectivity index (χ0v) is 13.7. The van der Waals surface area contributed by atoms with Crippen LogP contribution in [-0.4, -0.2) is 6.54 Å². The van der Waals surface area contributed by atoms with Crippen molar-refractivity contribution in [1.29, 1.82) is 0 Å². The van der Waals surface area contributed by atoms with E-state index in [0.717, 1.165) is 23.2 Å². The van der Waals surface area contributed by atoms with Crippen LogP contribution in [0, 0.1) is 18.6 Å². The quantitative estimate of drug-likeness (QED) is 0.803. The van der Waals surface area contributed by atoms with Gasteiger partial charge in [-0.15, -0.1) is 0 Å². The van der Waals surface area contributed by atoms with Gasteiger partial charge in [0.1, 0.15) is 11.6 Å². The summed E-state index contributed by atoms with van der Waals surface area (Å²) in [6.45, 7) is 4.67. The molecule has 1 unspecified atom stereocenters. The molecule has 0 saturated carbocycles. The summed E-state index contributed by atoms with van der Waals surface area (Å²) in [5, 5.41) is 3.37. The Morgan fingerprint density at radius 2 is 1.95 bits per heavy atom. The van der Waals surface area contributed by atoms with Crippen LogP contribution in [0.15, 0.2) is 40.9 Å². The summed E-state index contributed by atoms with van der Waals surface area (Å²) in [7, 11) is 0. The van der Waals surface area contributed by atoms with Gasteiger partial charge in [0.25, 0.3) is 0 Å². The first-order valence-corrected chi connectivity index (χ1v) is 7.74. The number of hydrogen-bond acceptors (Lipinski definition) is 1. The fourth-order valence-corrected chi connectivity index (χ4v) is 2.98. The molecule has 4 heteroatoms. The molecule has 1 N–H and O–H groups in total. The van der Waals surface area contributed by atoms with Crippen LogP contribution >= 0.6 is 15.9 Å². The molecule has 0 spiro atoms. The van der Waals surface area contributed by atoms with Gasteiger partial charge in [-0.3, -0.25) is 0 Å². The lowest BCUT2D eigenvalue weighted by molar-refractivity contribution is 0.537. The Kier molecular flexibility index (Phi) is 5.48. The summed E-state index contributed by atoms with van der Waals surface area (Å²) in [6, 6.07) is 9.80. The maximum absolute atomic E-state index is 13.7. The molecule has 0 fully saturated rings. The molecule has 1 nitrogen and oxygen atoms in total. The molecule has 0 aliphatic carbocycles. The van der Waals surface area contributed by atoms with Gasteiger partial charge >= 0.3 is 0 Å². The molecule has 0 amide bonds. The van der Waals surface area contributed by atoms with Crippen LogP contribution in [0.1, 0.15) is 29.7 Å². The molecular formula is C17H18BrF2N. The van der Waals surface area contributed by atoms with E-state index in [-0.39, 0.29) is 17.7 Å². The van der Waals surface area contributed by atoms with Crippen LogP contribution in [0.25, 0.3) is 0 Å². The Morgan fingerprint density at radius 3 is 2.62 bits per heavy atom. The highest BCUT2D eigenvalue weighted by atomic mass is 79.9. The van der Waals surface area contributed by atoms with E-state index < -0.39 is 0 Å². The predicted octanol–water partition coefficient (Wildman–Crippen LogP) is 4.93. The third-order valence-corrected chi connectivity index (χ3v) is 4.37. The van der Waals surface area contributed by atoms with Gasteiger partial charge in [0, 0.05) is 6.04 Å². The van der Waals surface area contributed by atoms with Gasteiger partial charge in [-0.25, -0.2) is 8.78 Å². The molecule has 1 atom stereocenters. The topological polar surface area (TPSA) is 12.0 Å². The Balaban J connectivity index is 2.33. The van der Waals surface area contributed by atoms with E-state index in [1.807, 2.05) is 19.9 Å². The third kappa shape index (κ3) is 3.89. The normalized spacial score (nSPS) is 12.4. The summed E-state index contributed by atoms with van der Waals surface area (Å²) < 4.78 is 27.4. The summed E-state index contributed by atoms with van der Waals surface area (Å²) in [4.78, 5) is 0. The van der Waals surface area contributed by atoms with Crippen molar-refractivity contribution in [2.75, 3.05) is 6.54 Å². The first-order chi connectivity index (χ1) is 10.0. The van der Waals surface area contributed by atoms with Crippen LogP contribution in [-0.2, 0) is 6.42 Å². The van der Waals surface area contributed by atoms with E-state index in [1.54, 1.807) is 12.1 Å². The first-order valence-electron chi connectivity index (χ1n) is 6.95.